The van der Waals surface area contributed by atoms with Crippen molar-refractivity contribution < 1.29 is 9.53 Å². The molecule has 0 spiro atoms. The molecule has 2 aromatic rings. The Morgan fingerprint density at radius 2 is 1.89 bits per heavy atom. The number of fused-ring (bicyclic) bond motifs is 1. The first kappa shape index (κ1) is 13.7. The van der Waals surface area contributed by atoms with Crippen LogP contribution in [0.4, 0.5) is 4.79 Å². The summed E-state index contributed by atoms with van der Waals surface area (Å²) in [7, 11) is 0. The Balaban J connectivity index is 2.47. The number of rotatable bonds is 1. The largest absolute Gasteiger partial charge is 0.443 e. The zero-order valence-corrected chi connectivity index (χ0v) is 12.2. The Morgan fingerprint density at radius 1 is 1.21 bits per heavy atom. The van der Waals surface area contributed by atoms with Crippen LogP contribution in [0.1, 0.15) is 46.1 Å². The van der Waals surface area contributed by atoms with Gasteiger partial charge in [0.2, 0.25) is 0 Å². The van der Waals surface area contributed by atoms with E-state index in [1.54, 1.807) is 10.8 Å². The number of carbonyl (C=O) groups excluding carboxylic acids is 1. The highest BCUT2D eigenvalue weighted by atomic mass is 16.6. The first-order valence-electron chi connectivity index (χ1n) is 6.63. The van der Waals surface area contributed by atoms with E-state index >= 15 is 0 Å². The minimum atomic E-state index is -0.483. The van der Waals surface area contributed by atoms with E-state index in [-0.39, 0.29) is 6.09 Å². The molecule has 0 fully saturated rings. The summed E-state index contributed by atoms with van der Waals surface area (Å²) in [5, 5.41) is 1.11. The molecule has 0 amide bonds. The first-order chi connectivity index (χ1) is 8.79. The minimum Gasteiger partial charge on any atom is -0.443 e. The van der Waals surface area contributed by atoms with Crippen LogP contribution in [0, 0.1) is 0 Å². The van der Waals surface area contributed by atoms with Crippen LogP contribution in [0.15, 0.2) is 30.5 Å². The van der Waals surface area contributed by atoms with Crippen molar-refractivity contribution in [2.24, 2.45) is 0 Å². The second-order valence-corrected chi connectivity index (χ2v) is 6.10. The molecule has 1 aromatic heterocycles. The van der Waals surface area contributed by atoms with E-state index < -0.39 is 5.60 Å². The normalized spacial score (nSPS) is 12.1. The van der Waals surface area contributed by atoms with Crippen LogP contribution in [-0.2, 0) is 4.74 Å². The molecule has 0 aliphatic heterocycles. The van der Waals surface area contributed by atoms with Gasteiger partial charge in [-0.3, -0.25) is 4.57 Å². The average molecular weight is 259 g/mol. The van der Waals surface area contributed by atoms with E-state index in [1.807, 2.05) is 39.0 Å². The number of aromatic nitrogens is 1. The van der Waals surface area contributed by atoms with Crippen molar-refractivity contribution in [3.05, 3.63) is 36.0 Å². The van der Waals surface area contributed by atoms with Crippen LogP contribution < -0.4 is 0 Å². The summed E-state index contributed by atoms with van der Waals surface area (Å²) in [5.74, 6) is 0.429. The van der Waals surface area contributed by atoms with Gasteiger partial charge >= 0.3 is 6.09 Å². The maximum absolute atomic E-state index is 12.2. The molecular weight excluding hydrogens is 238 g/mol. The summed E-state index contributed by atoms with van der Waals surface area (Å²) in [6.45, 7) is 9.92. The number of hydrogen-bond donors (Lipinski definition) is 0. The molecule has 19 heavy (non-hydrogen) atoms. The highest BCUT2D eigenvalue weighted by Gasteiger charge is 2.19. The lowest BCUT2D eigenvalue weighted by molar-refractivity contribution is 0.0544. The summed E-state index contributed by atoms with van der Waals surface area (Å²) < 4.78 is 6.99. The number of hydrogen-bond acceptors (Lipinski definition) is 2. The van der Waals surface area contributed by atoms with Gasteiger partial charge in [0.05, 0.1) is 5.52 Å². The van der Waals surface area contributed by atoms with Gasteiger partial charge < -0.3 is 4.74 Å². The van der Waals surface area contributed by atoms with E-state index in [9.17, 15) is 4.79 Å². The number of ether oxygens (including phenoxy) is 1. The molecule has 0 N–H and O–H groups in total. The molecule has 2 rings (SSSR count). The molecule has 0 bridgehead atoms. The van der Waals surface area contributed by atoms with Crippen molar-refractivity contribution in [2.75, 3.05) is 0 Å². The summed E-state index contributed by atoms with van der Waals surface area (Å²) in [6.07, 6.45) is 1.45. The summed E-state index contributed by atoms with van der Waals surface area (Å²) in [4.78, 5) is 12.2. The third-order valence-corrected chi connectivity index (χ3v) is 2.98. The predicted octanol–water partition coefficient (Wildman–Crippen LogP) is 4.55. The van der Waals surface area contributed by atoms with Crippen molar-refractivity contribution in [1.82, 2.24) is 4.57 Å². The second kappa shape index (κ2) is 4.72. The topological polar surface area (TPSA) is 31.2 Å². The second-order valence-electron chi connectivity index (χ2n) is 6.10. The monoisotopic (exact) mass is 259 g/mol. The van der Waals surface area contributed by atoms with Crippen molar-refractivity contribution in [3.8, 4) is 0 Å². The first-order valence-corrected chi connectivity index (χ1v) is 6.63. The molecular formula is C16H21NO2. The summed E-state index contributed by atoms with van der Waals surface area (Å²) in [6, 6.07) is 8.02. The lowest BCUT2D eigenvalue weighted by atomic mass is 9.99. The highest BCUT2D eigenvalue weighted by Crippen LogP contribution is 2.26. The van der Waals surface area contributed by atoms with E-state index in [2.05, 4.69) is 19.9 Å². The maximum Gasteiger partial charge on any atom is 0.418 e. The molecule has 0 unspecified atom stereocenters. The van der Waals surface area contributed by atoms with Crippen LogP contribution in [-0.4, -0.2) is 16.3 Å². The fourth-order valence-corrected chi connectivity index (χ4v) is 2.17. The van der Waals surface area contributed by atoms with E-state index in [4.69, 9.17) is 4.74 Å². The van der Waals surface area contributed by atoms with Crippen LogP contribution in [0.5, 0.6) is 0 Å². The summed E-state index contributed by atoms with van der Waals surface area (Å²) >= 11 is 0. The van der Waals surface area contributed by atoms with Crippen molar-refractivity contribution in [1.29, 1.82) is 0 Å². The molecule has 3 heteroatoms. The van der Waals surface area contributed by atoms with Crippen LogP contribution in [0.2, 0.25) is 0 Å². The maximum atomic E-state index is 12.2. The fourth-order valence-electron chi connectivity index (χ4n) is 2.17. The molecule has 0 aliphatic carbocycles. The van der Waals surface area contributed by atoms with Gasteiger partial charge in [-0.1, -0.05) is 26.0 Å². The zero-order chi connectivity index (χ0) is 14.2. The van der Waals surface area contributed by atoms with Crippen molar-refractivity contribution >= 4 is 17.0 Å². The molecule has 0 radical (unpaired) electrons. The van der Waals surface area contributed by atoms with E-state index in [0.717, 1.165) is 10.9 Å². The fraction of sp³-hybridized carbons (Fsp3) is 0.438. The minimum absolute atomic E-state index is 0.330. The van der Waals surface area contributed by atoms with Crippen molar-refractivity contribution in [2.45, 2.75) is 46.1 Å². The molecule has 0 aliphatic rings. The standard InChI is InChI=1S/C16H21NO2/c1-11(2)12-7-6-8-14-13(12)9-10-17(14)15(18)19-16(3,4)5/h6-11H,1-5H3. The van der Waals surface area contributed by atoms with Gasteiger partial charge in [0.25, 0.3) is 0 Å². The third-order valence-electron chi connectivity index (χ3n) is 2.98. The van der Waals surface area contributed by atoms with Gasteiger partial charge in [-0.25, -0.2) is 4.79 Å². The lowest BCUT2D eigenvalue weighted by Gasteiger charge is -2.19. The third kappa shape index (κ3) is 2.80. The Bertz CT molecular complexity index is 603. The Morgan fingerprint density at radius 3 is 2.47 bits per heavy atom. The molecule has 0 saturated carbocycles. The lowest BCUT2D eigenvalue weighted by Crippen LogP contribution is -2.26. The van der Waals surface area contributed by atoms with Gasteiger partial charge in [0.1, 0.15) is 5.60 Å². The molecule has 3 nitrogen and oxygen atoms in total. The zero-order valence-electron chi connectivity index (χ0n) is 12.2. The SMILES string of the molecule is CC(C)c1cccc2c1ccn2C(=O)OC(C)(C)C. The smallest absolute Gasteiger partial charge is 0.418 e. The molecule has 0 atom stereocenters. The van der Waals surface area contributed by atoms with Gasteiger partial charge in [0, 0.05) is 11.6 Å². The van der Waals surface area contributed by atoms with Gasteiger partial charge in [-0.15, -0.1) is 0 Å². The Labute approximate surface area is 114 Å². The van der Waals surface area contributed by atoms with Crippen LogP contribution >= 0.6 is 0 Å². The molecule has 1 heterocycles. The van der Waals surface area contributed by atoms with Gasteiger partial charge in [-0.2, -0.15) is 0 Å². The molecule has 0 saturated heterocycles. The molecule has 102 valence electrons. The van der Waals surface area contributed by atoms with E-state index in [0.29, 0.717) is 5.92 Å². The molecule has 1 aromatic carbocycles. The van der Waals surface area contributed by atoms with Crippen molar-refractivity contribution in [3.63, 3.8) is 0 Å². The predicted molar refractivity (Wildman–Crippen MR) is 77.7 cm³/mol. The van der Waals surface area contributed by atoms with Gasteiger partial charge in [-0.05, 0) is 44.4 Å². The average Bonchev–Trinajstić information content (AvgIpc) is 2.69. The Hall–Kier alpha value is -1.77. The van der Waals surface area contributed by atoms with Crippen LogP contribution in [0.25, 0.3) is 10.9 Å². The number of carbonyl (C=O) groups is 1. The van der Waals surface area contributed by atoms with E-state index in [1.165, 1.54) is 5.56 Å². The number of benzene rings is 1. The van der Waals surface area contributed by atoms with Crippen LogP contribution in [0.3, 0.4) is 0 Å². The highest BCUT2D eigenvalue weighted by molar-refractivity contribution is 5.91. The van der Waals surface area contributed by atoms with Gasteiger partial charge in [0.15, 0.2) is 0 Å². The quantitative estimate of drug-likeness (QED) is 0.752. The Kier molecular flexibility index (Phi) is 3.40. The number of nitrogens with zero attached hydrogens (tertiary/aromatic N) is 1. The summed E-state index contributed by atoms with van der Waals surface area (Å²) in [5.41, 5.74) is 1.67.